The van der Waals surface area contributed by atoms with E-state index in [1.54, 1.807) is 5.56 Å². The topological polar surface area (TPSA) is 9.86 Å². The van der Waals surface area contributed by atoms with Crippen molar-refractivity contribution in [2.75, 3.05) is 0 Å². The molecule has 39 heavy (non-hydrogen) atoms. The molecule has 0 aliphatic heterocycles. The molecule has 0 atom stereocenters. The van der Waals surface area contributed by atoms with Crippen molar-refractivity contribution in [3.8, 4) is 11.4 Å². The number of benzene rings is 3. The molecule has 0 unspecified atom stereocenters. The number of nitrogens with zero attached hydrogens (tertiary/aromatic N) is 2. The van der Waals surface area contributed by atoms with Crippen LogP contribution >= 0.6 is 0 Å². The number of hydrogen-bond donors (Lipinski definition) is 0. The minimum absolute atomic E-state index is 0. The largest absolute Gasteiger partial charge is 4.00 e. The molecule has 0 saturated carbocycles. The van der Waals surface area contributed by atoms with Gasteiger partial charge in [0.25, 0.3) is 0 Å². The smallest absolute Gasteiger partial charge is 1.00 e. The first-order chi connectivity index (χ1) is 17.9. The number of para-hydroxylation sites is 1. The van der Waals surface area contributed by atoms with Crippen LogP contribution in [0.2, 0.25) is 0 Å². The van der Waals surface area contributed by atoms with E-state index in [1.807, 2.05) is 12.1 Å². The van der Waals surface area contributed by atoms with E-state index in [2.05, 4.69) is 119 Å². The summed E-state index contributed by atoms with van der Waals surface area (Å²) in [6.45, 7) is 0. The second-order valence-electron chi connectivity index (χ2n) is 9.72. The van der Waals surface area contributed by atoms with Crippen LogP contribution in [0.4, 0.5) is 0 Å². The van der Waals surface area contributed by atoms with E-state index in [1.165, 1.54) is 75.2 Å². The summed E-state index contributed by atoms with van der Waals surface area (Å²) >= 11 is 0. The molecule has 0 radical (unpaired) electrons. The Morgan fingerprint density at radius 1 is 0.667 bits per heavy atom. The quantitative estimate of drug-likeness (QED) is 0.193. The molecule has 5 aromatic carbocycles. The molecule has 0 N–H and O–H groups in total. The maximum atomic E-state index is 2.50. The van der Waals surface area contributed by atoms with Gasteiger partial charge >= 0.3 is 25.8 Å². The minimum Gasteiger partial charge on any atom is -1.00 e. The average Bonchev–Trinajstić information content (AvgIpc) is 3.73. The Morgan fingerprint density at radius 3 is 2.26 bits per heavy atom. The minimum atomic E-state index is 0. The number of aromatic nitrogens is 2. The van der Waals surface area contributed by atoms with Crippen molar-refractivity contribution in [3.63, 3.8) is 0 Å². The van der Waals surface area contributed by atoms with Gasteiger partial charge in [0, 0.05) is 29.2 Å². The molecule has 192 valence electrons. The van der Waals surface area contributed by atoms with Crippen LogP contribution in [0, 0.1) is 0 Å². The normalized spacial score (nSPS) is 12.1. The van der Waals surface area contributed by atoms with E-state index in [0.29, 0.717) is 0 Å². The molecule has 1 aliphatic rings. The van der Waals surface area contributed by atoms with Gasteiger partial charge in [-0.3, -0.25) is 0 Å². The number of hydrogen-bond acceptors (Lipinski definition) is 0. The Bertz CT molecular complexity index is 1770. The van der Waals surface area contributed by atoms with Crippen LogP contribution in [0.5, 0.6) is 0 Å². The zero-order valence-electron chi connectivity index (χ0n) is 21.5. The summed E-state index contributed by atoms with van der Waals surface area (Å²) < 4.78 is 4.64. The van der Waals surface area contributed by atoms with Gasteiger partial charge in [-0.2, -0.15) is 12.1 Å². The van der Waals surface area contributed by atoms with E-state index < -0.39 is 0 Å². The molecule has 1 aliphatic carbocycles. The number of halogens is 2. The van der Waals surface area contributed by atoms with E-state index in [4.69, 9.17) is 0 Å². The van der Waals surface area contributed by atoms with Gasteiger partial charge < -0.3 is 33.9 Å². The summed E-state index contributed by atoms with van der Waals surface area (Å²) in [7, 11) is 0. The molecule has 0 bridgehead atoms. The molecule has 2 nitrogen and oxygen atoms in total. The molecule has 0 saturated heterocycles. The zero-order chi connectivity index (χ0) is 23.9. The molecule has 2 aromatic heterocycles. The fourth-order valence-corrected chi connectivity index (χ4v) is 5.92. The van der Waals surface area contributed by atoms with E-state index in [9.17, 15) is 0 Å². The summed E-state index contributed by atoms with van der Waals surface area (Å²) in [5.74, 6) is 0. The van der Waals surface area contributed by atoms with Crippen LogP contribution in [0.1, 0.15) is 24.1 Å². The Morgan fingerprint density at radius 2 is 1.41 bits per heavy atom. The molecule has 5 heteroatoms. The number of rotatable bonds is 2. The summed E-state index contributed by atoms with van der Waals surface area (Å²) in [6, 6.07) is 39.1. The van der Waals surface area contributed by atoms with Crippen LogP contribution in [0.25, 0.3) is 43.8 Å². The maximum Gasteiger partial charge on any atom is 4.00 e. The SMILES string of the molecule is [Cl-].[Cl-].[Hf+4].c1cc(-n2cccc2)c2cc[cH-]c2c1.c1ccc2[cH-]c(-n3c4c(c5ccccc53)CCCC4)cc2c1. The third-order valence-corrected chi connectivity index (χ3v) is 7.58. The Hall–Kier alpha value is -2.85. The molecule has 0 fully saturated rings. The third kappa shape index (κ3) is 5.33. The van der Waals surface area contributed by atoms with Gasteiger partial charge in [0.05, 0.1) is 5.52 Å². The first-order valence-corrected chi connectivity index (χ1v) is 12.9. The van der Waals surface area contributed by atoms with Crippen LogP contribution in [-0.2, 0) is 38.7 Å². The van der Waals surface area contributed by atoms with Crippen molar-refractivity contribution in [2.45, 2.75) is 25.7 Å². The average molecular weight is 714 g/mol. The zero-order valence-corrected chi connectivity index (χ0v) is 26.6. The monoisotopic (exact) mass is 714 g/mol. The van der Waals surface area contributed by atoms with Crippen molar-refractivity contribution in [1.82, 2.24) is 9.13 Å². The molecule has 2 heterocycles. The van der Waals surface area contributed by atoms with Gasteiger partial charge in [-0.05, 0) is 55.1 Å². The van der Waals surface area contributed by atoms with Crippen molar-refractivity contribution < 1.29 is 50.7 Å². The fourth-order valence-electron chi connectivity index (χ4n) is 5.92. The van der Waals surface area contributed by atoms with Gasteiger partial charge in [0.15, 0.2) is 0 Å². The van der Waals surface area contributed by atoms with Crippen molar-refractivity contribution in [1.29, 1.82) is 0 Å². The molecular weight excluding hydrogens is 686 g/mol. The standard InChI is InChI=1S/C21H18N.C13H10N.2ClH.Hf/c1-2-8-16-14-17(13-15(16)7-1)22-20-11-5-3-9-18(20)19-10-4-6-12-21(19)22;1-2-10-14(9-1)13-8-4-6-11-5-3-7-12(11)13;;;/h1-3,5,7-9,11,13-14H,4,6,10,12H2;1-10H;2*1H;/q2*-1;;;+4/p-2. The van der Waals surface area contributed by atoms with Gasteiger partial charge in [-0.1, -0.05) is 30.3 Å². The second kappa shape index (κ2) is 12.6. The molecule has 0 amide bonds. The summed E-state index contributed by atoms with van der Waals surface area (Å²) in [5, 5.41) is 6.72. The molecule has 8 rings (SSSR count). The van der Waals surface area contributed by atoms with E-state index in [0.717, 1.165) is 0 Å². The van der Waals surface area contributed by atoms with Crippen LogP contribution in [0.15, 0.2) is 122 Å². The van der Waals surface area contributed by atoms with E-state index in [-0.39, 0.29) is 50.7 Å². The Kier molecular flexibility index (Phi) is 9.38. The van der Waals surface area contributed by atoms with Crippen molar-refractivity contribution in [2.24, 2.45) is 0 Å². The predicted molar refractivity (Wildman–Crippen MR) is 152 cm³/mol. The van der Waals surface area contributed by atoms with Gasteiger partial charge in [0.2, 0.25) is 0 Å². The summed E-state index contributed by atoms with van der Waals surface area (Å²) in [6.07, 6.45) is 9.20. The van der Waals surface area contributed by atoms with Crippen molar-refractivity contribution >= 4 is 32.4 Å². The predicted octanol–water partition coefficient (Wildman–Crippen LogP) is 2.74. The second-order valence-corrected chi connectivity index (χ2v) is 9.72. The fraction of sp³-hybridized carbons (Fsp3) is 0.118. The summed E-state index contributed by atoms with van der Waals surface area (Å²) in [5.41, 5.74) is 7.04. The number of fused-ring (bicyclic) bond motifs is 5. The molecular formula is C34H28Cl2HfN2. The van der Waals surface area contributed by atoms with Gasteiger partial charge in [-0.25, -0.2) is 0 Å². The first kappa shape index (κ1) is 29.1. The van der Waals surface area contributed by atoms with E-state index >= 15 is 0 Å². The molecule has 7 aromatic rings. The first-order valence-electron chi connectivity index (χ1n) is 12.9. The van der Waals surface area contributed by atoms with Crippen molar-refractivity contribution in [3.05, 3.63) is 133 Å². The maximum absolute atomic E-state index is 2.50. The Balaban J connectivity index is 0.000000182. The Labute approximate surface area is 260 Å². The van der Waals surface area contributed by atoms with Gasteiger partial charge in [-0.15, -0.1) is 70.1 Å². The number of aryl methyl sites for hydroxylation is 1. The van der Waals surface area contributed by atoms with Crippen LogP contribution in [0.3, 0.4) is 0 Å². The van der Waals surface area contributed by atoms with Gasteiger partial charge in [0.1, 0.15) is 0 Å². The van der Waals surface area contributed by atoms with Crippen LogP contribution < -0.4 is 24.8 Å². The third-order valence-electron chi connectivity index (χ3n) is 7.58. The summed E-state index contributed by atoms with van der Waals surface area (Å²) in [4.78, 5) is 0. The van der Waals surface area contributed by atoms with Crippen LogP contribution in [-0.4, -0.2) is 9.13 Å². The molecule has 0 spiro atoms.